The normalized spacial score (nSPS) is 10.8. The summed E-state index contributed by atoms with van der Waals surface area (Å²) in [6, 6.07) is 21.3. The first-order valence-corrected chi connectivity index (χ1v) is 9.26. The number of carbonyl (C=O) groups is 1. The van der Waals surface area contributed by atoms with E-state index in [1.807, 2.05) is 37.3 Å². The lowest BCUT2D eigenvalue weighted by atomic mass is 10.2. The maximum absolute atomic E-state index is 12.0. The van der Waals surface area contributed by atoms with Crippen LogP contribution in [0.1, 0.15) is 21.5 Å². The number of rotatable bonds is 6. The van der Waals surface area contributed by atoms with Crippen molar-refractivity contribution in [2.24, 2.45) is 5.10 Å². The highest BCUT2D eigenvalue weighted by atomic mass is 32.2. The summed E-state index contributed by atoms with van der Waals surface area (Å²) in [5.74, 6) is -0.349. The second kappa shape index (κ2) is 8.96. The Balaban J connectivity index is 1.74. The summed E-state index contributed by atoms with van der Waals surface area (Å²) in [6.07, 6.45) is 1.38. The molecule has 0 aliphatic carbocycles. The summed E-state index contributed by atoms with van der Waals surface area (Å²) in [7, 11) is 0. The third kappa shape index (κ3) is 5.05. The Morgan fingerprint density at radius 2 is 1.79 bits per heavy atom. The molecule has 3 aromatic carbocycles. The highest BCUT2D eigenvalue weighted by Gasteiger charge is 2.15. The summed E-state index contributed by atoms with van der Waals surface area (Å²) < 4.78 is 0. The fourth-order valence-corrected chi connectivity index (χ4v) is 3.30. The summed E-state index contributed by atoms with van der Waals surface area (Å²) in [5, 5.41) is 15.4. The van der Waals surface area contributed by atoms with Crippen molar-refractivity contribution in [3.05, 3.63) is 99.6 Å². The van der Waals surface area contributed by atoms with Crippen LogP contribution in [0.2, 0.25) is 0 Å². The molecule has 3 aromatic rings. The molecular formula is C21H17N3O3S. The Morgan fingerprint density at radius 1 is 1.07 bits per heavy atom. The van der Waals surface area contributed by atoms with E-state index in [-0.39, 0.29) is 11.6 Å². The molecule has 7 heteroatoms. The molecule has 0 spiro atoms. The number of hydrogen-bond acceptors (Lipinski definition) is 5. The standard InChI is InChI=1S/C21H17N3O3S/c1-15-7-10-18(11-8-15)28-20-12-9-16(13-19(20)24(26)27)14-22-23-21(25)17-5-3-2-4-6-17/h2-14H,1H3,(H,23,25). The van der Waals surface area contributed by atoms with E-state index in [2.05, 4.69) is 10.5 Å². The summed E-state index contributed by atoms with van der Waals surface area (Å²) in [6.45, 7) is 1.99. The zero-order valence-corrected chi connectivity index (χ0v) is 15.8. The lowest BCUT2D eigenvalue weighted by molar-refractivity contribution is -0.387. The molecule has 3 rings (SSSR count). The van der Waals surface area contributed by atoms with Crippen LogP contribution in [0, 0.1) is 17.0 Å². The molecule has 1 N–H and O–H groups in total. The molecule has 0 aliphatic heterocycles. The van der Waals surface area contributed by atoms with Gasteiger partial charge < -0.3 is 0 Å². The Kier molecular flexibility index (Phi) is 6.18. The predicted molar refractivity (Wildman–Crippen MR) is 110 cm³/mol. The fourth-order valence-electron chi connectivity index (χ4n) is 2.40. The van der Waals surface area contributed by atoms with Crippen molar-refractivity contribution in [1.29, 1.82) is 0 Å². The van der Waals surface area contributed by atoms with E-state index in [0.29, 0.717) is 16.0 Å². The first-order valence-electron chi connectivity index (χ1n) is 8.44. The Labute approximate surface area is 166 Å². The molecule has 28 heavy (non-hydrogen) atoms. The molecule has 0 fully saturated rings. The van der Waals surface area contributed by atoms with Crippen LogP contribution in [0.5, 0.6) is 0 Å². The highest BCUT2D eigenvalue weighted by Crippen LogP contribution is 2.35. The summed E-state index contributed by atoms with van der Waals surface area (Å²) >= 11 is 1.33. The van der Waals surface area contributed by atoms with Gasteiger partial charge in [-0.1, -0.05) is 53.7 Å². The van der Waals surface area contributed by atoms with Gasteiger partial charge in [0, 0.05) is 22.1 Å². The van der Waals surface area contributed by atoms with Crippen LogP contribution in [0.4, 0.5) is 5.69 Å². The predicted octanol–water partition coefficient (Wildman–Crippen LogP) is 4.82. The van der Waals surface area contributed by atoms with E-state index in [9.17, 15) is 14.9 Å². The van der Waals surface area contributed by atoms with Crippen LogP contribution < -0.4 is 5.43 Å². The van der Waals surface area contributed by atoms with Crippen molar-refractivity contribution in [3.63, 3.8) is 0 Å². The number of nitrogens with zero attached hydrogens (tertiary/aromatic N) is 2. The van der Waals surface area contributed by atoms with Crippen molar-refractivity contribution in [2.75, 3.05) is 0 Å². The zero-order chi connectivity index (χ0) is 19.9. The molecule has 0 bridgehead atoms. The number of nitro groups is 1. The van der Waals surface area contributed by atoms with Crippen molar-refractivity contribution in [1.82, 2.24) is 5.43 Å². The minimum absolute atomic E-state index is 0.0103. The van der Waals surface area contributed by atoms with Gasteiger partial charge in [0.2, 0.25) is 0 Å². The molecule has 0 aliphatic rings. The van der Waals surface area contributed by atoms with Gasteiger partial charge in [-0.3, -0.25) is 14.9 Å². The number of aryl methyl sites for hydroxylation is 1. The molecule has 0 saturated heterocycles. The van der Waals surface area contributed by atoms with E-state index in [1.165, 1.54) is 24.0 Å². The number of hydrogen-bond donors (Lipinski definition) is 1. The van der Waals surface area contributed by atoms with E-state index >= 15 is 0 Å². The van der Waals surface area contributed by atoms with Crippen LogP contribution in [0.3, 0.4) is 0 Å². The van der Waals surface area contributed by atoms with Gasteiger partial charge in [-0.15, -0.1) is 0 Å². The Bertz CT molecular complexity index is 1020. The van der Waals surface area contributed by atoms with E-state index < -0.39 is 4.92 Å². The first-order chi connectivity index (χ1) is 13.5. The minimum Gasteiger partial charge on any atom is -0.267 e. The van der Waals surface area contributed by atoms with Gasteiger partial charge in [0.05, 0.1) is 16.0 Å². The molecule has 1 amide bonds. The topological polar surface area (TPSA) is 84.6 Å². The number of nitro benzene ring substituents is 1. The minimum atomic E-state index is -0.420. The zero-order valence-electron chi connectivity index (χ0n) is 15.0. The fraction of sp³-hybridized carbons (Fsp3) is 0.0476. The molecule has 0 unspecified atom stereocenters. The maximum Gasteiger partial charge on any atom is 0.283 e. The molecule has 0 saturated carbocycles. The maximum atomic E-state index is 12.0. The molecular weight excluding hydrogens is 374 g/mol. The number of nitrogens with one attached hydrogen (secondary N) is 1. The summed E-state index contributed by atoms with van der Waals surface area (Å²) in [4.78, 5) is 24.5. The van der Waals surface area contributed by atoms with E-state index in [1.54, 1.807) is 36.4 Å². The largest absolute Gasteiger partial charge is 0.283 e. The van der Waals surface area contributed by atoms with Crippen LogP contribution in [0.15, 0.2) is 87.7 Å². The average molecular weight is 391 g/mol. The van der Waals surface area contributed by atoms with Gasteiger partial charge in [0.1, 0.15) is 0 Å². The average Bonchev–Trinajstić information content (AvgIpc) is 2.71. The third-order valence-corrected chi connectivity index (χ3v) is 4.92. The third-order valence-electron chi connectivity index (χ3n) is 3.84. The second-order valence-electron chi connectivity index (χ2n) is 5.96. The van der Waals surface area contributed by atoms with Crippen LogP contribution in [-0.4, -0.2) is 17.0 Å². The molecule has 0 heterocycles. The van der Waals surface area contributed by atoms with Crippen molar-refractivity contribution in [2.45, 2.75) is 16.7 Å². The Morgan fingerprint density at radius 3 is 2.46 bits per heavy atom. The van der Waals surface area contributed by atoms with E-state index in [0.717, 1.165) is 10.5 Å². The lowest BCUT2D eigenvalue weighted by Gasteiger charge is -2.05. The van der Waals surface area contributed by atoms with Gasteiger partial charge >= 0.3 is 0 Å². The van der Waals surface area contributed by atoms with Gasteiger partial charge in [0.15, 0.2) is 0 Å². The first kappa shape index (κ1) is 19.3. The molecule has 140 valence electrons. The Hall–Kier alpha value is -3.45. The molecule has 0 radical (unpaired) electrons. The van der Waals surface area contributed by atoms with E-state index in [4.69, 9.17) is 0 Å². The van der Waals surface area contributed by atoms with Crippen LogP contribution >= 0.6 is 11.8 Å². The highest BCUT2D eigenvalue weighted by molar-refractivity contribution is 7.99. The molecule has 6 nitrogen and oxygen atoms in total. The van der Waals surface area contributed by atoms with Gasteiger partial charge in [-0.25, -0.2) is 5.43 Å². The van der Waals surface area contributed by atoms with Crippen molar-refractivity contribution < 1.29 is 9.72 Å². The number of benzene rings is 3. The van der Waals surface area contributed by atoms with Crippen LogP contribution in [0.25, 0.3) is 0 Å². The smallest absolute Gasteiger partial charge is 0.267 e. The molecule has 0 atom stereocenters. The molecule has 0 aromatic heterocycles. The van der Waals surface area contributed by atoms with Gasteiger partial charge in [-0.05, 0) is 37.3 Å². The lowest BCUT2D eigenvalue weighted by Crippen LogP contribution is -2.17. The quantitative estimate of drug-likeness (QED) is 0.371. The monoisotopic (exact) mass is 391 g/mol. The SMILES string of the molecule is Cc1ccc(Sc2ccc(C=NNC(=O)c3ccccc3)cc2[N+](=O)[O-])cc1. The number of amides is 1. The van der Waals surface area contributed by atoms with Crippen molar-refractivity contribution in [3.8, 4) is 0 Å². The van der Waals surface area contributed by atoms with Gasteiger partial charge in [-0.2, -0.15) is 5.10 Å². The van der Waals surface area contributed by atoms with Gasteiger partial charge in [0.25, 0.3) is 11.6 Å². The summed E-state index contributed by atoms with van der Waals surface area (Å²) in [5.41, 5.74) is 4.53. The number of carbonyl (C=O) groups excluding carboxylic acids is 1. The van der Waals surface area contributed by atoms with Crippen LogP contribution in [-0.2, 0) is 0 Å². The second-order valence-corrected chi connectivity index (χ2v) is 7.08. The van der Waals surface area contributed by atoms with Crippen molar-refractivity contribution >= 4 is 29.6 Å². The number of hydrazone groups is 1.